The van der Waals surface area contributed by atoms with Gasteiger partial charge >= 0.3 is 0 Å². The minimum Gasteiger partial charge on any atom is -0.310 e. The molecule has 0 bridgehead atoms. The van der Waals surface area contributed by atoms with Crippen molar-refractivity contribution in [3.05, 3.63) is 59.7 Å². The van der Waals surface area contributed by atoms with Crippen LogP contribution in [-0.4, -0.2) is 6.04 Å². The summed E-state index contributed by atoms with van der Waals surface area (Å²) >= 11 is 1.64. The first kappa shape index (κ1) is 13.2. The van der Waals surface area contributed by atoms with Gasteiger partial charge in [-0.05, 0) is 42.7 Å². The van der Waals surface area contributed by atoms with Crippen molar-refractivity contribution < 1.29 is 0 Å². The summed E-state index contributed by atoms with van der Waals surface area (Å²) in [6, 6.07) is 19.3. The molecule has 0 spiro atoms. The van der Waals surface area contributed by atoms with Crippen molar-refractivity contribution in [1.82, 2.24) is 5.32 Å². The van der Waals surface area contributed by atoms with Gasteiger partial charge in [0.15, 0.2) is 0 Å². The van der Waals surface area contributed by atoms with Gasteiger partial charge in [0.25, 0.3) is 0 Å². The lowest BCUT2D eigenvalue weighted by Crippen LogP contribution is -2.15. The predicted octanol–water partition coefficient (Wildman–Crippen LogP) is 3.96. The van der Waals surface area contributed by atoms with Crippen LogP contribution in [0.3, 0.4) is 0 Å². The highest BCUT2D eigenvalue weighted by molar-refractivity contribution is 7.99. The van der Waals surface area contributed by atoms with Crippen molar-refractivity contribution in [3.8, 4) is 6.07 Å². The molecule has 3 heteroatoms. The molecule has 1 aliphatic rings. The van der Waals surface area contributed by atoms with Gasteiger partial charge in [0, 0.05) is 22.4 Å². The van der Waals surface area contributed by atoms with Crippen molar-refractivity contribution in [3.63, 3.8) is 0 Å². The second-order valence-electron chi connectivity index (χ2n) is 5.01. The molecule has 20 heavy (non-hydrogen) atoms. The molecule has 1 N–H and O–H groups in total. The molecule has 0 radical (unpaired) electrons. The fraction of sp³-hybridized carbons (Fsp3) is 0.235. The third-order valence-electron chi connectivity index (χ3n) is 3.31. The summed E-state index contributed by atoms with van der Waals surface area (Å²) in [4.78, 5) is 2.18. The molecule has 1 saturated carbocycles. The van der Waals surface area contributed by atoms with E-state index in [1.807, 2.05) is 24.3 Å². The van der Waals surface area contributed by atoms with Gasteiger partial charge in [-0.2, -0.15) is 5.26 Å². The Morgan fingerprint density at radius 1 is 1.15 bits per heavy atom. The van der Waals surface area contributed by atoms with Crippen molar-refractivity contribution in [2.75, 3.05) is 0 Å². The minimum absolute atomic E-state index is 0.693. The first-order valence-electron chi connectivity index (χ1n) is 6.84. The van der Waals surface area contributed by atoms with Crippen molar-refractivity contribution in [2.24, 2.45) is 0 Å². The van der Waals surface area contributed by atoms with Crippen LogP contribution in [-0.2, 0) is 6.54 Å². The standard InChI is InChI=1S/C17H16N2S/c18-11-14-10-13(12-19-15-7-8-15)6-9-17(14)20-16-4-2-1-3-5-16/h1-6,9-10,15,19H,7-8,12H2. The molecule has 100 valence electrons. The maximum absolute atomic E-state index is 9.33. The van der Waals surface area contributed by atoms with Gasteiger partial charge in [0.1, 0.15) is 6.07 Å². The molecule has 2 nitrogen and oxygen atoms in total. The zero-order valence-corrected chi connectivity index (χ0v) is 12.0. The average Bonchev–Trinajstić information content (AvgIpc) is 3.31. The van der Waals surface area contributed by atoms with Gasteiger partial charge in [-0.3, -0.25) is 0 Å². The van der Waals surface area contributed by atoms with Gasteiger partial charge in [-0.1, -0.05) is 36.0 Å². The topological polar surface area (TPSA) is 35.8 Å². The SMILES string of the molecule is N#Cc1cc(CNC2CC2)ccc1Sc1ccccc1. The molecule has 0 unspecified atom stereocenters. The minimum atomic E-state index is 0.693. The first-order chi connectivity index (χ1) is 9.85. The van der Waals surface area contributed by atoms with Crippen molar-refractivity contribution in [1.29, 1.82) is 5.26 Å². The van der Waals surface area contributed by atoms with Gasteiger partial charge in [-0.15, -0.1) is 0 Å². The van der Waals surface area contributed by atoms with Crippen molar-refractivity contribution >= 4 is 11.8 Å². The fourth-order valence-electron chi connectivity index (χ4n) is 2.03. The quantitative estimate of drug-likeness (QED) is 0.900. The summed E-state index contributed by atoms with van der Waals surface area (Å²) in [7, 11) is 0. The molecule has 0 heterocycles. The normalized spacial score (nSPS) is 13.9. The summed E-state index contributed by atoms with van der Waals surface area (Å²) in [5, 5.41) is 12.8. The number of hydrogen-bond acceptors (Lipinski definition) is 3. The number of rotatable bonds is 5. The Morgan fingerprint density at radius 3 is 2.65 bits per heavy atom. The number of benzene rings is 2. The smallest absolute Gasteiger partial charge is 0.100 e. The summed E-state index contributed by atoms with van der Waals surface area (Å²) < 4.78 is 0. The number of hydrogen-bond donors (Lipinski definition) is 1. The van der Waals surface area contributed by atoms with E-state index >= 15 is 0 Å². The second kappa shape index (κ2) is 6.13. The Kier molecular flexibility index (Phi) is 4.05. The number of nitrogens with zero attached hydrogens (tertiary/aromatic N) is 1. The Morgan fingerprint density at radius 2 is 1.95 bits per heavy atom. The average molecular weight is 280 g/mol. The zero-order chi connectivity index (χ0) is 13.8. The maximum Gasteiger partial charge on any atom is 0.100 e. The van der Waals surface area contributed by atoms with Crippen LogP contribution in [0.4, 0.5) is 0 Å². The van der Waals surface area contributed by atoms with Crippen molar-refractivity contribution in [2.45, 2.75) is 35.2 Å². The Hall–Kier alpha value is -1.76. The van der Waals surface area contributed by atoms with E-state index in [1.54, 1.807) is 11.8 Å². The highest BCUT2D eigenvalue weighted by Crippen LogP contribution is 2.30. The lowest BCUT2D eigenvalue weighted by Gasteiger charge is -2.07. The lowest BCUT2D eigenvalue weighted by molar-refractivity contribution is 0.687. The second-order valence-corrected chi connectivity index (χ2v) is 6.13. The molecule has 1 aliphatic carbocycles. The van der Waals surface area contributed by atoms with Gasteiger partial charge in [-0.25, -0.2) is 0 Å². The largest absolute Gasteiger partial charge is 0.310 e. The summed E-state index contributed by atoms with van der Waals surface area (Å²) in [5.41, 5.74) is 1.94. The maximum atomic E-state index is 9.33. The highest BCUT2D eigenvalue weighted by Gasteiger charge is 2.20. The summed E-state index contributed by atoms with van der Waals surface area (Å²) in [6.45, 7) is 0.857. The first-order valence-corrected chi connectivity index (χ1v) is 7.66. The van der Waals surface area contributed by atoms with Crippen LogP contribution < -0.4 is 5.32 Å². The molecule has 0 aromatic heterocycles. The fourth-order valence-corrected chi connectivity index (χ4v) is 2.93. The van der Waals surface area contributed by atoms with Crippen LogP contribution in [0.25, 0.3) is 0 Å². The van der Waals surface area contributed by atoms with Crippen LogP contribution in [0.5, 0.6) is 0 Å². The zero-order valence-electron chi connectivity index (χ0n) is 11.2. The Labute approximate surface area is 123 Å². The molecule has 2 aromatic carbocycles. The Bertz CT molecular complexity index is 627. The summed E-state index contributed by atoms with van der Waals surface area (Å²) in [6.07, 6.45) is 2.57. The highest BCUT2D eigenvalue weighted by atomic mass is 32.2. The van der Waals surface area contributed by atoms with E-state index in [4.69, 9.17) is 0 Å². The number of nitriles is 1. The molecule has 1 fully saturated rings. The summed E-state index contributed by atoms with van der Waals surface area (Å²) in [5.74, 6) is 0. The van der Waals surface area contributed by atoms with Gasteiger partial charge < -0.3 is 5.32 Å². The van der Waals surface area contributed by atoms with Crippen LogP contribution in [0.1, 0.15) is 24.0 Å². The van der Waals surface area contributed by atoms with E-state index in [2.05, 4.69) is 35.7 Å². The van der Waals surface area contributed by atoms with Gasteiger partial charge in [0.2, 0.25) is 0 Å². The van der Waals surface area contributed by atoms with E-state index in [1.165, 1.54) is 18.4 Å². The Balaban J connectivity index is 1.75. The van der Waals surface area contributed by atoms with Crippen LogP contribution in [0, 0.1) is 11.3 Å². The van der Waals surface area contributed by atoms with Crippen LogP contribution >= 0.6 is 11.8 Å². The van der Waals surface area contributed by atoms with Crippen LogP contribution in [0.15, 0.2) is 58.3 Å². The molecule has 3 rings (SSSR count). The number of nitrogens with one attached hydrogen (secondary N) is 1. The third kappa shape index (κ3) is 3.41. The molecule has 0 aliphatic heterocycles. The predicted molar refractivity (Wildman–Crippen MR) is 81.6 cm³/mol. The third-order valence-corrected chi connectivity index (χ3v) is 4.39. The van der Waals surface area contributed by atoms with E-state index in [9.17, 15) is 5.26 Å². The van der Waals surface area contributed by atoms with E-state index < -0.39 is 0 Å². The molecule has 0 atom stereocenters. The molecule has 0 saturated heterocycles. The monoisotopic (exact) mass is 280 g/mol. The molecule has 2 aromatic rings. The van der Waals surface area contributed by atoms with Crippen LogP contribution in [0.2, 0.25) is 0 Å². The van der Waals surface area contributed by atoms with E-state index in [0.29, 0.717) is 6.04 Å². The molecule has 0 amide bonds. The van der Waals surface area contributed by atoms with E-state index in [0.717, 1.165) is 21.9 Å². The lowest BCUT2D eigenvalue weighted by atomic mass is 10.1. The van der Waals surface area contributed by atoms with E-state index in [-0.39, 0.29) is 0 Å². The molecular weight excluding hydrogens is 264 g/mol. The van der Waals surface area contributed by atoms with Gasteiger partial charge in [0.05, 0.1) is 5.56 Å². The molecular formula is C17H16N2S.